The second-order valence-corrected chi connectivity index (χ2v) is 7.43. The first-order valence-electron chi connectivity index (χ1n) is 9.17. The molecule has 2 aromatic carbocycles. The summed E-state index contributed by atoms with van der Waals surface area (Å²) in [5.41, 5.74) is 0.319. The van der Waals surface area contributed by atoms with Gasteiger partial charge in [-0.05, 0) is 41.5 Å². The summed E-state index contributed by atoms with van der Waals surface area (Å²) >= 11 is 0. The number of rotatable bonds is 5. The summed E-state index contributed by atoms with van der Waals surface area (Å²) in [7, 11) is 0. The third-order valence-corrected chi connectivity index (χ3v) is 5.85. The highest BCUT2D eigenvalue weighted by Gasteiger charge is 2.46. The number of carboxylic acid groups (broad SMARTS) is 1. The minimum atomic E-state index is -0.891. The van der Waals surface area contributed by atoms with E-state index in [1.165, 1.54) is 16.3 Å². The molecule has 0 radical (unpaired) electrons. The van der Waals surface area contributed by atoms with Crippen LogP contribution in [0.1, 0.15) is 30.7 Å². The lowest BCUT2D eigenvalue weighted by Gasteiger charge is -2.33. The van der Waals surface area contributed by atoms with Crippen LogP contribution in [-0.4, -0.2) is 36.7 Å². The average molecular weight is 353 g/mol. The molecule has 2 N–H and O–H groups in total. The molecule has 2 fully saturated rings. The van der Waals surface area contributed by atoms with E-state index < -0.39 is 11.4 Å². The van der Waals surface area contributed by atoms with Gasteiger partial charge < -0.3 is 15.2 Å². The van der Waals surface area contributed by atoms with Crippen molar-refractivity contribution in [3.05, 3.63) is 48.0 Å². The first-order chi connectivity index (χ1) is 12.6. The van der Waals surface area contributed by atoms with Gasteiger partial charge in [0.15, 0.2) is 0 Å². The van der Waals surface area contributed by atoms with E-state index in [0.29, 0.717) is 26.1 Å². The lowest BCUT2D eigenvalue weighted by Crippen LogP contribution is -2.46. The molecule has 2 aromatic rings. The molecule has 0 aromatic heterocycles. The first kappa shape index (κ1) is 17.0. The fourth-order valence-corrected chi connectivity index (χ4v) is 4.02. The predicted molar refractivity (Wildman–Crippen MR) is 97.9 cm³/mol. The summed E-state index contributed by atoms with van der Waals surface area (Å²) < 4.78 is 5.28. The van der Waals surface area contributed by atoms with Crippen molar-refractivity contribution in [2.24, 2.45) is 11.3 Å². The number of nitrogens with one attached hydrogen (secondary N) is 1. The number of ether oxygens (including phenoxy) is 1. The number of carbonyl (C=O) groups is 2. The standard InChI is InChI=1S/C21H23NO4/c23-19(22-13-21(20(24)25)8-10-26-11-9-21)18-12-17(18)16-7-3-5-14-4-1-2-6-15(14)16/h1-7,17-18H,8-13H2,(H,22,23)(H,24,25). The quantitative estimate of drug-likeness (QED) is 0.867. The normalized spacial score (nSPS) is 24.2. The van der Waals surface area contributed by atoms with Crippen LogP contribution in [0.3, 0.4) is 0 Å². The summed E-state index contributed by atoms with van der Waals surface area (Å²) in [4.78, 5) is 24.3. The highest BCUT2D eigenvalue weighted by atomic mass is 16.5. The van der Waals surface area contributed by atoms with Crippen molar-refractivity contribution in [2.75, 3.05) is 19.8 Å². The number of hydrogen-bond donors (Lipinski definition) is 2. The predicted octanol–water partition coefficient (Wildman–Crippen LogP) is 2.94. The Morgan fingerprint density at radius 3 is 2.62 bits per heavy atom. The van der Waals surface area contributed by atoms with Gasteiger partial charge in [-0.1, -0.05) is 42.5 Å². The number of hydrogen-bond acceptors (Lipinski definition) is 3. The summed E-state index contributed by atoms with van der Waals surface area (Å²) in [6, 6.07) is 14.4. The molecule has 2 unspecified atom stereocenters. The largest absolute Gasteiger partial charge is 0.481 e. The third kappa shape index (κ3) is 3.07. The molecule has 0 spiro atoms. The Labute approximate surface area is 152 Å². The van der Waals surface area contributed by atoms with Gasteiger partial charge in [0.05, 0.1) is 5.41 Å². The van der Waals surface area contributed by atoms with Crippen LogP contribution in [0.5, 0.6) is 0 Å². The van der Waals surface area contributed by atoms with Gasteiger partial charge in [-0.3, -0.25) is 9.59 Å². The van der Waals surface area contributed by atoms with Crippen molar-refractivity contribution in [2.45, 2.75) is 25.2 Å². The smallest absolute Gasteiger partial charge is 0.311 e. The topological polar surface area (TPSA) is 75.6 Å². The van der Waals surface area contributed by atoms with E-state index in [9.17, 15) is 14.7 Å². The fraction of sp³-hybridized carbons (Fsp3) is 0.429. The maximum absolute atomic E-state index is 12.6. The second-order valence-electron chi connectivity index (χ2n) is 7.43. The van der Waals surface area contributed by atoms with Crippen LogP contribution in [0.4, 0.5) is 0 Å². The average Bonchev–Trinajstić information content (AvgIpc) is 3.47. The van der Waals surface area contributed by atoms with Crippen molar-refractivity contribution in [3.8, 4) is 0 Å². The number of aliphatic carboxylic acids is 1. The zero-order chi connectivity index (χ0) is 18.1. The van der Waals surface area contributed by atoms with Gasteiger partial charge in [0.25, 0.3) is 0 Å². The van der Waals surface area contributed by atoms with Gasteiger partial charge in [-0.25, -0.2) is 0 Å². The van der Waals surface area contributed by atoms with Crippen molar-refractivity contribution in [1.82, 2.24) is 5.32 Å². The van der Waals surface area contributed by atoms with Crippen LogP contribution >= 0.6 is 0 Å². The van der Waals surface area contributed by atoms with E-state index in [4.69, 9.17) is 4.74 Å². The second kappa shape index (κ2) is 6.72. The number of amides is 1. The Morgan fingerprint density at radius 1 is 1.12 bits per heavy atom. The van der Waals surface area contributed by atoms with Gasteiger partial charge in [0.2, 0.25) is 5.91 Å². The molecule has 26 heavy (non-hydrogen) atoms. The molecule has 1 saturated carbocycles. The van der Waals surface area contributed by atoms with E-state index in [0.717, 1.165) is 6.42 Å². The summed E-state index contributed by atoms with van der Waals surface area (Å²) in [6.07, 6.45) is 1.71. The molecule has 1 saturated heterocycles. The lowest BCUT2D eigenvalue weighted by molar-refractivity contribution is -0.154. The minimum absolute atomic E-state index is 0.0324. The fourth-order valence-electron chi connectivity index (χ4n) is 4.02. The van der Waals surface area contributed by atoms with Crippen LogP contribution in [0, 0.1) is 11.3 Å². The van der Waals surface area contributed by atoms with Crippen LogP contribution < -0.4 is 5.32 Å². The maximum Gasteiger partial charge on any atom is 0.311 e. The molecule has 4 rings (SSSR count). The van der Waals surface area contributed by atoms with Gasteiger partial charge >= 0.3 is 5.97 Å². The van der Waals surface area contributed by atoms with Gasteiger partial charge in [0.1, 0.15) is 0 Å². The number of benzene rings is 2. The Hall–Kier alpha value is -2.40. The molecule has 1 heterocycles. The molecule has 2 aliphatic rings. The Kier molecular flexibility index (Phi) is 4.41. The summed E-state index contributed by atoms with van der Waals surface area (Å²) in [6.45, 7) is 1.05. The summed E-state index contributed by atoms with van der Waals surface area (Å²) in [5.74, 6) is -0.722. The molecule has 5 nitrogen and oxygen atoms in total. The van der Waals surface area contributed by atoms with Crippen LogP contribution in [0.2, 0.25) is 0 Å². The van der Waals surface area contributed by atoms with Gasteiger partial charge in [-0.2, -0.15) is 0 Å². The van der Waals surface area contributed by atoms with E-state index in [1.54, 1.807) is 0 Å². The van der Waals surface area contributed by atoms with Gasteiger partial charge in [0, 0.05) is 25.7 Å². The maximum atomic E-state index is 12.6. The van der Waals surface area contributed by atoms with Crippen LogP contribution in [0.15, 0.2) is 42.5 Å². The lowest BCUT2D eigenvalue weighted by atomic mass is 9.80. The molecular formula is C21H23NO4. The zero-order valence-corrected chi connectivity index (χ0v) is 14.6. The monoisotopic (exact) mass is 353 g/mol. The van der Waals surface area contributed by atoms with Crippen molar-refractivity contribution < 1.29 is 19.4 Å². The molecular weight excluding hydrogens is 330 g/mol. The molecule has 1 aliphatic carbocycles. The highest BCUT2D eigenvalue weighted by molar-refractivity contribution is 5.90. The van der Waals surface area contributed by atoms with Gasteiger partial charge in [-0.15, -0.1) is 0 Å². The van der Waals surface area contributed by atoms with E-state index in [1.807, 2.05) is 18.2 Å². The molecule has 0 bridgehead atoms. The SMILES string of the molecule is O=C(NCC1(C(=O)O)CCOCC1)C1CC1c1cccc2ccccc12. The third-order valence-electron chi connectivity index (χ3n) is 5.85. The van der Waals surface area contributed by atoms with E-state index in [2.05, 4.69) is 29.6 Å². The van der Waals surface area contributed by atoms with Crippen LogP contribution in [-0.2, 0) is 14.3 Å². The molecule has 1 aliphatic heterocycles. The number of fused-ring (bicyclic) bond motifs is 1. The summed E-state index contributed by atoms with van der Waals surface area (Å²) in [5, 5.41) is 14.9. The zero-order valence-electron chi connectivity index (χ0n) is 14.6. The van der Waals surface area contributed by atoms with E-state index in [-0.39, 0.29) is 24.3 Å². The Morgan fingerprint density at radius 2 is 1.85 bits per heavy atom. The first-order valence-corrected chi connectivity index (χ1v) is 9.17. The Balaban J connectivity index is 1.43. The van der Waals surface area contributed by atoms with Crippen LogP contribution in [0.25, 0.3) is 10.8 Å². The van der Waals surface area contributed by atoms with Crippen molar-refractivity contribution >= 4 is 22.6 Å². The minimum Gasteiger partial charge on any atom is -0.481 e. The highest BCUT2D eigenvalue weighted by Crippen LogP contribution is 2.49. The van der Waals surface area contributed by atoms with E-state index >= 15 is 0 Å². The van der Waals surface area contributed by atoms with Crippen molar-refractivity contribution in [3.63, 3.8) is 0 Å². The van der Waals surface area contributed by atoms with Crippen molar-refractivity contribution in [1.29, 1.82) is 0 Å². The molecule has 1 amide bonds. The molecule has 5 heteroatoms. The number of carboxylic acids is 1. The molecule has 2 atom stereocenters. The Bertz CT molecular complexity index is 836. The number of carbonyl (C=O) groups excluding carboxylic acids is 1. The molecule has 136 valence electrons.